The molecule has 0 bridgehead atoms. The highest BCUT2D eigenvalue weighted by molar-refractivity contribution is 7.07. The molecule has 0 radical (unpaired) electrons. The summed E-state index contributed by atoms with van der Waals surface area (Å²) in [7, 11) is 0. The molecule has 0 atom stereocenters. The van der Waals surface area contributed by atoms with Gasteiger partial charge in [0.1, 0.15) is 5.75 Å². The van der Waals surface area contributed by atoms with E-state index in [1.165, 1.54) is 11.1 Å². The number of fused-ring (bicyclic) bond motifs is 1. The van der Waals surface area contributed by atoms with Gasteiger partial charge in [-0.25, -0.2) is 9.78 Å². The third-order valence-corrected chi connectivity index (χ3v) is 4.24. The first-order chi connectivity index (χ1) is 10.8. The van der Waals surface area contributed by atoms with Gasteiger partial charge in [-0.3, -0.25) is 0 Å². The highest BCUT2D eigenvalue weighted by Crippen LogP contribution is 2.25. The van der Waals surface area contributed by atoms with E-state index < -0.39 is 0 Å². The number of rotatable bonds is 6. The summed E-state index contributed by atoms with van der Waals surface area (Å²) in [6.07, 6.45) is 2.57. The first kappa shape index (κ1) is 14.8. The van der Waals surface area contributed by atoms with Crippen molar-refractivity contribution in [1.82, 2.24) is 15.6 Å². The van der Waals surface area contributed by atoms with Crippen molar-refractivity contribution in [3.05, 3.63) is 45.9 Å². The molecule has 2 aromatic rings. The number of urea groups is 1. The van der Waals surface area contributed by atoms with E-state index in [9.17, 15) is 4.79 Å². The van der Waals surface area contributed by atoms with Crippen molar-refractivity contribution in [2.24, 2.45) is 0 Å². The van der Waals surface area contributed by atoms with Crippen LogP contribution in [0.4, 0.5) is 4.79 Å². The number of benzene rings is 1. The fourth-order valence-electron chi connectivity index (χ4n) is 2.44. The van der Waals surface area contributed by atoms with Gasteiger partial charge in [-0.05, 0) is 23.6 Å². The molecule has 22 heavy (non-hydrogen) atoms. The zero-order valence-electron chi connectivity index (χ0n) is 12.3. The molecule has 2 N–H and O–H groups in total. The van der Waals surface area contributed by atoms with Gasteiger partial charge < -0.3 is 15.4 Å². The van der Waals surface area contributed by atoms with Crippen LogP contribution in [0.25, 0.3) is 0 Å². The number of hydrogen-bond acceptors (Lipinski definition) is 4. The number of hydrogen-bond donors (Lipinski definition) is 2. The Bertz CT molecular complexity index is 628. The lowest BCUT2D eigenvalue weighted by Crippen LogP contribution is -2.37. The maximum atomic E-state index is 11.7. The SMILES string of the molecule is O=C(NCCc1ccc2c(c1)CCO2)NCCc1cscn1. The average Bonchev–Trinajstić information content (AvgIpc) is 3.17. The van der Waals surface area contributed by atoms with Crippen LogP contribution in [0.3, 0.4) is 0 Å². The van der Waals surface area contributed by atoms with Crippen LogP contribution in [0.5, 0.6) is 5.75 Å². The van der Waals surface area contributed by atoms with Gasteiger partial charge in [0.15, 0.2) is 0 Å². The molecule has 0 saturated carbocycles. The number of nitrogens with zero attached hydrogens (tertiary/aromatic N) is 1. The van der Waals surface area contributed by atoms with Crippen molar-refractivity contribution in [2.75, 3.05) is 19.7 Å². The molecule has 2 heterocycles. The molecule has 1 aliphatic heterocycles. The van der Waals surface area contributed by atoms with E-state index in [-0.39, 0.29) is 6.03 Å². The van der Waals surface area contributed by atoms with Crippen LogP contribution in [-0.4, -0.2) is 30.7 Å². The molecular weight excluding hydrogens is 298 g/mol. The smallest absolute Gasteiger partial charge is 0.314 e. The highest BCUT2D eigenvalue weighted by Gasteiger charge is 2.11. The molecule has 0 unspecified atom stereocenters. The van der Waals surface area contributed by atoms with E-state index in [2.05, 4.69) is 27.8 Å². The second-order valence-electron chi connectivity index (χ2n) is 5.20. The first-order valence-electron chi connectivity index (χ1n) is 7.44. The van der Waals surface area contributed by atoms with Crippen molar-refractivity contribution >= 4 is 17.4 Å². The van der Waals surface area contributed by atoms with Gasteiger partial charge in [-0.1, -0.05) is 12.1 Å². The van der Waals surface area contributed by atoms with Gasteiger partial charge in [0.05, 0.1) is 17.8 Å². The lowest BCUT2D eigenvalue weighted by atomic mass is 10.1. The minimum atomic E-state index is -0.125. The van der Waals surface area contributed by atoms with Gasteiger partial charge in [0.25, 0.3) is 0 Å². The Morgan fingerprint density at radius 1 is 1.27 bits per heavy atom. The van der Waals surface area contributed by atoms with E-state index in [1.54, 1.807) is 16.8 Å². The monoisotopic (exact) mass is 317 g/mol. The Kier molecular flexibility index (Phi) is 4.90. The summed E-state index contributed by atoms with van der Waals surface area (Å²) in [6.45, 7) is 2.01. The summed E-state index contributed by atoms with van der Waals surface area (Å²) in [5.41, 5.74) is 5.32. The molecule has 1 aliphatic rings. The van der Waals surface area contributed by atoms with Crippen molar-refractivity contribution in [3.8, 4) is 5.75 Å². The van der Waals surface area contributed by atoms with Gasteiger partial charge in [0.2, 0.25) is 0 Å². The number of thiazole rings is 1. The van der Waals surface area contributed by atoms with Crippen molar-refractivity contribution in [2.45, 2.75) is 19.3 Å². The predicted molar refractivity (Wildman–Crippen MR) is 86.6 cm³/mol. The van der Waals surface area contributed by atoms with E-state index in [0.29, 0.717) is 13.1 Å². The molecular formula is C16H19N3O2S. The topological polar surface area (TPSA) is 63.2 Å². The summed E-state index contributed by atoms with van der Waals surface area (Å²) >= 11 is 1.57. The minimum absolute atomic E-state index is 0.125. The second-order valence-corrected chi connectivity index (χ2v) is 5.92. The number of aromatic nitrogens is 1. The number of amides is 2. The van der Waals surface area contributed by atoms with Crippen LogP contribution in [0.2, 0.25) is 0 Å². The van der Waals surface area contributed by atoms with E-state index in [4.69, 9.17) is 4.74 Å². The molecule has 0 saturated heterocycles. The van der Waals surface area contributed by atoms with Gasteiger partial charge in [-0.15, -0.1) is 11.3 Å². The fourth-order valence-corrected chi connectivity index (χ4v) is 3.04. The van der Waals surface area contributed by atoms with Gasteiger partial charge in [0, 0.05) is 31.3 Å². The van der Waals surface area contributed by atoms with Crippen molar-refractivity contribution in [1.29, 1.82) is 0 Å². The minimum Gasteiger partial charge on any atom is -0.493 e. The van der Waals surface area contributed by atoms with Crippen LogP contribution < -0.4 is 15.4 Å². The zero-order valence-corrected chi connectivity index (χ0v) is 13.1. The van der Waals surface area contributed by atoms with Crippen LogP contribution in [0.15, 0.2) is 29.1 Å². The Labute approximate surface area is 133 Å². The molecule has 5 nitrogen and oxygen atoms in total. The maximum absolute atomic E-state index is 11.7. The largest absolute Gasteiger partial charge is 0.493 e. The Balaban J connectivity index is 1.35. The van der Waals surface area contributed by atoms with Crippen LogP contribution >= 0.6 is 11.3 Å². The number of carbonyl (C=O) groups is 1. The Hall–Kier alpha value is -2.08. The molecule has 0 fully saturated rings. The molecule has 1 aromatic heterocycles. The van der Waals surface area contributed by atoms with Gasteiger partial charge in [-0.2, -0.15) is 0 Å². The zero-order chi connectivity index (χ0) is 15.2. The lowest BCUT2D eigenvalue weighted by Gasteiger charge is -2.08. The van der Waals surface area contributed by atoms with Crippen molar-refractivity contribution < 1.29 is 9.53 Å². The maximum Gasteiger partial charge on any atom is 0.314 e. The fraction of sp³-hybridized carbons (Fsp3) is 0.375. The molecule has 1 aromatic carbocycles. The third-order valence-electron chi connectivity index (χ3n) is 3.60. The molecule has 2 amide bonds. The lowest BCUT2D eigenvalue weighted by molar-refractivity contribution is 0.241. The van der Waals surface area contributed by atoms with E-state index in [1.807, 2.05) is 11.4 Å². The standard InChI is InChI=1S/C16H19N3O2S/c20-16(18-7-4-14-10-22-11-19-14)17-6-3-12-1-2-15-13(9-12)5-8-21-15/h1-2,9-11H,3-8H2,(H2,17,18,20). The number of ether oxygens (including phenoxy) is 1. The Morgan fingerprint density at radius 2 is 2.14 bits per heavy atom. The highest BCUT2D eigenvalue weighted by atomic mass is 32.1. The molecule has 116 valence electrons. The summed E-state index contributed by atoms with van der Waals surface area (Å²) in [4.78, 5) is 15.9. The molecule has 3 rings (SSSR count). The number of carbonyl (C=O) groups excluding carboxylic acids is 1. The average molecular weight is 317 g/mol. The van der Waals surface area contributed by atoms with Gasteiger partial charge >= 0.3 is 6.03 Å². The van der Waals surface area contributed by atoms with Crippen LogP contribution in [-0.2, 0) is 19.3 Å². The molecule has 0 aliphatic carbocycles. The van der Waals surface area contributed by atoms with Crippen LogP contribution in [0.1, 0.15) is 16.8 Å². The predicted octanol–water partition coefficient (Wildman–Crippen LogP) is 2.16. The number of nitrogens with one attached hydrogen (secondary N) is 2. The quantitative estimate of drug-likeness (QED) is 0.858. The van der Waals surface area contributed by atoms with E-state index in [0.717, 1.165) is 37.3 Å². The second kappa shape index (κ2) is 7.26. The summed E-state index contributed by atoms with van der Waals surface area (Å²) in [5, 5.41) is 7.72. The summed E-state index contributed by atoms with van der Waals surface area (Å²) in [5.74, 6) is 0.997. The third kappa shape index (κ3) is 3.98. The summed E-state index contributed by atoms with van der Waals surface area (Å²) in [6, 6.07) is 6.13. The normalized spacial score (nSPS) is 12.5. The Morgan fingerprint density at radius 3 is 2.95 bits per heavy atom. The summed E-state index contributed by atoms with van der Waals surface area (Å²) < 4.78 is 5.49. The molecule has 6 heteroatoms. The molecule has 0 spiro atoms. The van der Waals surface area contributed by atoms with E-state index >= 15 is 0 Å². The first-order valence-corrected chi connectivity index (χ1v) is 8.39. The van der Waals surface area contributed by atoms with Crippen LogP contribution in [0, 0.1) is 0 Å². The van der Waals surface area contributed by atoms with Crippen molar-refractivity contribution in [3.63, 3.8) is 0 Å².